The summed E-state index contributed by atoms with van der Waals surface area (Å²) in [6.45, 7) is 2.13. The van der Waals surface area contributed by atoms with Crippen LogP contribution >= 0.6 is 0 Å². The average molecular weight is 313 g/mol. The van der Waals surface area contributed by atoms with Crippen LogP contribution in [0.3, 0.4) is 0 Å². The third-order valence-electron chi connectivity index (χ3n) is 4.49. The van der Waals surface area contributed by atoms with Gasteiger partial charge in [-0.2, -0.15) is 0 Å². The summed E-state index contributed by atoms with van der Waals surface area (Å²) in [4.78, 5) is 0.102. The Morgan fingerprint density at radius 2 is 2.10 bits per heavy atom. The minimum Gasteiger partial charge on any atom is -0.316 e. The monoisotopic (exact) mass is 313 g/mol. The van der Waals surface area contributed by atoms with Gasteiger partial charge in [-0.25, -0.2) is 12.8 Å². The predicted molar refractivity (Wildman–Crippen MR) is 82.5 cm³/mol. The van der Waals surface area contributed by atoms with Crippen LogP contribution in [-0.4, -0.2) is 26.8 Å². The first-order valence-electron chi connectivity index (χ1n) is 7.65. The maximum absolute atomic E-state index is 13.4. The first kappa shape index (κ1) is 16.4. The normalized spacial score (nSPS) is 26.7. The average Bonchev–Trinajstić information content (AvgIpc) is 2.47. The molecule has 1 aromatic carbocycles. The van der Waals surface area contributed by atoms with Crippen molar-refractivity contribution in [2.24, 2.45) is 5.92 Å². The van der Waals surface area contributed by atoms with Crippen LogP contribution in [0.2, 0.25) is 0 Å². The van der Waals surface area contributed by atoms with Gasteiger partial charge in [0, 0.05) is 6.04 Å². The zero-order chi connectivity index (χ0) is 15.5. The van der Waals surface area contributed by atoms with Crippen molar-refractivity contribution in [3.63, 3.8) is 0 Å². The van der Waals surface area contributed by atoms with E-state index in [2.05, 4.69) is 12.2 Å². The van der Waals surface area contributed by atoms with Gasteiger partial charge < -0.3 is 5.32 Å². The predicted octanol–water partition coefficient (Wildman–Crippen LogP) is 3.16. The Hall–Kier alpha value is -0.940. The smallest absolute Gasteiger partial charge is 0.182 e. The number of rotatable bonds is 5. The van der Waals surface area contributed by atoms with Gasteiger partial charge in [0.05, 0.1) is 10.1 Å². The second-order valence-corrected chi connectivity index (χ2v) is 8.07. The van der Waals surface area contributed by atoms with Crippen LogP contribution in [0.5, 0.6) is 0 Å². The van der Waals surface area contributed by atoms with Crippen LogP contribution in [0.25, 0.3) is 0 Å². The van der Waals surface area contributed by atoms with Crippen molar-refractivity contribution in [1.82, 2.24) is 5.32 Å². The molecule has 0 radical (unpaired) electrons. The summed E-state index contributed by atoms with van der Waals surface area (Å²) in [7, 11) is -1.70. The maximum atomic E-state index is 13.4. The molecule has 2 rings (SSSR count). The second-order valence-electron chi connectivity index (χ2n) is 5.90. The van der Waals surface area contributed by atoms with Crippen molar-refractivity contribution in [2.45, 2.75) is 55.2 Å². The minimum atomic E-state index is -3.50. The third-order valence-corrected chi connectivity index (χ3v) is 6.72. The molecule has 0 amide bonds. The van der Waals surface area contributed by atoms with Crippen molar-refractivity contribution in [3.8, 4) is 0 Å². The van der Waals surface area contributed by atoms with E-state index in [4.69, 9.17) is 0 Å². The molecule has 5 heteroatoms. The Kier molecular flexibility index (Phi) is 5.38. The van der Waals surface area contributed by atoms with Gasteiger partial charge >= 0.3 is 0 Å². The Morgan fingerprint density at radius 3 is 2.71 bits per heavy atom. The van der Waals surface area contributed by atoms with Gasteiger partial charge in [0.25, 0.3) is 0 Å². The van der Waals surface area contributed by atoms with Crippen LogP contribution in [0.15, 0.2) is 29.2 Å². The molecule has 1 aliphatic rings. The largest absolute Gasteiger partial charge is 0.316 e. The fourth-order valence-electron chi connectivity index (χ4n) is 3.37. The second kappa shape index (κ2) is 6.88. The van der Waals surface area contributed by atoms with Gasteiger partial charge in [0.2, 0.25) is 0 Å². The van der Waals surface area contributed by atoms with E-state index in [1.807, 2.05) is 0 Å². The van der Waals surface area contributed by atoms with Gasteiger partial charge in [-0.3, -0.25) is 0 Å². The van der Waals surface area contributed by atoms with Crippen LogP contribution in [-0.2, 0) is 9.84 Å². The van der Waals surface area contributed by atoms with Crippen molar-refractivity contribution in [1.29, 1.82) is 0 Å². The van der Waals surface area contributed by atoms with E-state index < -0.39 is 20.9 Å². The quantitative estimate of drug-likeness (QED) is 0.908. The lowest BCUT2D eigenvalue weighted by atomic mass is 9.83. The molecular weight excluding hydrogens is 289 g/mol. The Morgan fingerprint density at radius 1 is 1.33 bits per heavy atom. The van der Waals surface area contributed by atoms with Gasteiger partial charge in [-0.1, -0.05) is 25.8 Å². The Balaban J connectivity index is 2.30. The van der Waals surface area contributed by atoms with Gasteiger partial charge in [0.1, 0.15) is 5.82 Å². The van der Waals surface area contributed by atoms with Crippen molar-refractivity contribution < 1.29 is 12.8 Å². The summed E-state index contributed by atoms with van der Waals surface area (Å²) >= 11 is 0. The molecule has 0 bridgehead atoms. The standard InChI is InChI=1S/C16H24FNO2S/c1-3-5-12-8-9-15(18-2)16(10-12)21(19,20)14-7-4-6-13(17)11-14/h4,6-7,11-12,15-16,18H,3,5,8-10H2,1-2H3. The van der Waals surface area contributed by atoms with Crippen LogP contribution < -0.4 is 5.32 Å². The molecule has 0 spiro atoms. The Labute approximate surface area is 126 Å². The van der Waals surface area contributed by atoms with E-state index in [1.54, 1.807) is 7.05 Å². The highest BCUT2D eigenvalue weighted by molar-refractivity contribution is 7.92. The van der Waals surface area contributed by atoms with E-state index in [-0.39, 0.29) is 10.9 Å². The summed E-state index contributed by atoms with van der Waals surface area (Å²) in [5.74, 6) is -0.0501. The van der Waals surface area contributed by atoms with Gasteiger partial charge in [-0.05, 0) is 50.4 Å². The molecule has 0 saturated heterocycles. The number of sulfone groups is 1. The zero-order valence-electron chi connectivity index (χ0n) is 12.7. The molecule has 21 heavy (non-hydrogen) atoms. The topological polar surface area (TPSA) is 46.2 Å². The van der Waals surface area contributed by atoms with Crippen molar-refractivity contribution in [2.75, 3.05) is 7.05 Å². The van der Waals surface area contributed by atoms with Crippen LogP contribution in [0.4, 0.5) is 4.39 Å². The molecule has 1 N–H and O–H groups in total. The number of halogens is 1. The molecule has 3 nitrogen and oxygen atoms in total. The van der Waals surface area contributed by atoms with Crippen molar-refractivity contribution in [3.05, 3.63) is 30.1 Å². The van der Waals surface area contributed by atoms with Gasteiger partial charge in [0.15, 0.2) is 9.84 Å². The highest BCUT2D eigenvalue weighted by Gasteiger charge is 2.38. The molecule has 0 aliphatic heterocycles. The molecule has 0 heterocycles. The zero-order valence-corrected chi connectivity index (χ0v) is 13.5. The number of hydrogen-bond donors (Lipinski definition) is 1. The summed E-state index contributed by atoms with van der Waals surface area (Å²) in [6, 6.07) is 5.31. The number of hydrogen-bond acceptors (Lipinski definition) is 3. The van der Waals surface area contributed by atoms with Crippen LogP contribution in [0.1, 0.15) is 39.0 Å². The lowest BCUT2D eigenvalue weighted by molar-refractivity contribution is 0.288. The van der Waals surface area contributed by atoms with Crippen molar-refractivity contribution >= 4 is 9.84 Å². The fraction of sp³-hybridized carbons (Fsp3) is 0.625. The van der Waals surface area contributed by atoms with E-state index >= 15 is 0 Å². The van der Waals surface area contributed by atoms with Gasteiger partial charge in [-0.15, -0.1) is 0 Å². The molecule has 3 unspecified atom stereocenters. The SMILES string of the molecule is CCCC1CCC(NC)C(S(=O)(=O)c2cccc(F)c2)C1. The molecular formula is C16H24FNO2S. The van der Waals surface area contributed by atoms with E-state index in [1.165, 1.54) is 18.2 Å². The van der Waals surface area contributed by atoms with E-state index in [9.17, 15) is 12.8 Å². The maximum Gasteiger partial charge on any atom is 0.182 e. The fourth-order valence-corrected chi connectivity index (χ4v) is 5.50. The lowest BCUT2D eigenvalue weighted by Gasteiger charge is -2.35. The number of benzene rings is 1. The third kappa shape index (κ3) is 3.64. The summed E-state index contributed by atoms with van der Waals surface area (Å²) < 4.78 is 39.1. The minimum absolute atomic E-state index is 0.0497. The first-order chi connectivity index (χ1) is 9.98. The molecule has 1 saturated carbocycles. The molecule has 1 fully saturated rings. The van der Waals surface area contributed by atoms with E-state index in [0.29, 0.717) is 12.3 Å². The Bertz CT molecular complexity index is 573. The molecule has 0 aromatic heterocycles. The molecule has 3 atom stereocenters. The number of nitrogens with one attached hydrogen (secondary N) is 1. The highest BCUT2D eigenvalue weighted by Crippen LogP contribution is 2.34. The summed E-state index contributed by atoms with van der Waals surface area (Å²) in [5, 5.41) is 2.67. The molecule has 1 aliphatic carbocycles. The lowest BCUT2D eigenvalue weighted by Crippen LogP contribution is -2.46. The summed E-state index contributed by atoms with van der Waals surface area (Å²) in [5.41, 5.74) is 0. The van der Waals surface area contributed by atoms with Crippen LogP contribution in [0, 0.1) is 11.7 Å². The van der Waals surface area contributed by atoms with E-state index in [0.717, 1.165) is 31.7 Å². The first-order valence-corrected chi connectivity index (χ1v) is 9.20. The summed E-state index contributed by atoms with van der Waals surface area (Å²) in [6.07, 6.45) is 4.72. The molecule has 1 aromatic rings. The highest BCUT2D eigenvalue weighted by atomic mass is 32.2. The molecule has 118 valence electrons.